The summed E-state index contributed by atoms with van der Waals surface area (Å²) in [5, 5.41) is 2.84. The first-order chi connectivity index (χ1) is 9.67. The fraction of sp³-hybridized carbons (Fsp3) is 0.923. The minimum absolute atomic E-state index is 0.130. The highest BCUT2D eigenvalue weighted by molar-refractivity contribution is 7.88. The van der Waals surface area contributed by atoms with E-state index in [2.05, 4.69) is 21.9 Å². The van der Waals surface area contributed by atoms with Crippen LogP contribution < -0.4 is 10.0 Å². The molecule has 1 aliphatic rings. The van der Waals surface area contributed by atoms with Gasteiger partial charge in [-0.15, -0.1) is 0 Å². The molecule has 0 aromatic heterocycles. The second-order valence-corrected chi connectivity index (χ2v) is 7.61. The van der Waals surface area contributed by atoms with E-state index in [4.69, 9.17) is 4.74 Å². The lowest BCUT2D eigenvalue weighted by Gasteiger charge is -2.39. The summed E-state index contributed by atoms with van der Waals surface area (Å²) in [6, 6.07) is 0.227. The number of hydrogen-bond donors (Lipinski definition) is 2. The van der Waals surface area contributed by atoms with E-state index < -0.39 is 10.0 Å². The molecule has 1 saturated heterocycles. The minimum Gasteiger partial charge on any atom is -0.373 e. The Labute approximate surface area is 127 Å². The van der Waals surface area contributed by atoms with Gasteiger partial charge in [0.2, 0.25) is 15.9 Å². The molecular formula is C13H27N3O4S. The second kappa shape index (κ2) is 8.07. The van der Waals surface area contributed by atoms with Crippen LogP contribution in [0.3, 0.4) is 0 Å². The number of amides is 1. The Morgan fingerprint density at radius 3 is 2.43 bits per heavy atom. The van der Waals surface area contributed by atoms with Crippen molar-refractivity contribution in [1.82, 2.24) is 14.9 Å². The van der Waals surface area contributed by atoms with Crippen molar-refractivity contribution in [2.75, 3.05) is 32.4 Å². The zero-order chi connectivity index (χ0) is 16.0. The predicted molar refractivity (Wildman–Crippen MR) is 81.5 cm³/mol. The summed E-state index contributed by atoms with van der Waals surface area (Å²) in [7, 11) is -3.23. The Morgan fingerprint density at radius 1 is 1.33 bits per heavy atom. The number of morpholine rings is 1. The molecule has 1 fully saturated rings. The lowest BCUT2D eigenvalue weighted by Crippen LogP contribution is -2.52. The largest absolute Gasteiger partial charge is 0.373 e. The first-order valence-corrected chi connectivity index (χ1v) is 9.17. The smallest absolute Gasteiger partial charge is 0.221 e. The lowest BCUT2D eigenvalue weighted by atomic mass is 10.1. The van der Waals surface area contributed by atoms with Crippen molar-refractivity contribution in [2.45, 2.75) is 45.4 Å². The van der Waals surface area contributed by atoms with Gasteiger partial charge in [0.25, 0.3) is 0 Å². The van der Waals surface area contributed by atoms with Crippen LogP contribution in [0.4, 0.5) is 0 Å². The third-order valence-electron chi connectivity index (χ3n) is 3.38. The van der Waals surface area contributed by atoms with Crippen molar-refractivity contribution in [3.05, 3.63) is 0 Å². The van der Waals surface area contributed by atoms with Gasteiger partial charge in [-0.05, 0) is 20.8 Å². The van der Waals surface area contributed by atoms with E-state index in [0.29, 0.717) is 6.54 Å². The second-order valence-electron chi connectivity index (χ2n) is 5.78. The van der Waals surface area contributed by atoms with Crippen molar-refractivity contribution in [3.8, 4) is 0 Å². The van der Waals surface area contributed by atoms with Gasteiger partial charge in [0, 0.05) is 38.6 Å². The monoisotopic (exact) mass is 321 g/mol. The van der Waals surface area contributed by atoms with E-state index in [0.717, 1.165) is 19.3 Å². The Kier molecular flexibility index (Phi) is 7.05. The summed E-state index contributed by atoms with van der Waals surface area (Å²) in [5.41, 5.74) is 0. The van der Waals surface area contributed by atoms with Crippen molar-refractivity contribution >= 4 is 15.9 Å². The molecule has 2 N–H and O–H groups in total. The van der Waals surface area contributed by atoms with Gasteiger partial charge in [-0.1, -0.05) is 0 Å². The maximum atomic E-state index is 11.7. The molecule has 8 heteroatoms. The summed E-state index contributed by atoms with van der Waals surface area (Å²) < 4.78 is 29.8. The van der Waals surface area contributed by atoms with Gasteiger partial charge < -0.3 is 10.1 Å². The van der Waals surface area contributed by atoms with Crippen LogP contribution in [0.1, 0.15) is 27.2 Å². The normalized spacial score (nSPS) is 25.5. The van der Waals surface area contributed by atoms with Gasteiger partial charge in [-0.25, -0.2) is 13.1 Å². The lowest BCUT2D eigenvalue weighted by molar-refractivity contribution is -0.121. The summed E-state index contributed by atoms with van der Waals surface area (Å²) in [6.45, 7) is 8.56. The van der Waals surface area contributed by atoms with Gasteiger partial charge in [-0.3, -0.25) is 9.69 Å². The Morgan fingerprint density at radius 2 is 1.90 bits per heavy atom. The van der Waals surface area contributed by atoms with Crippen LogP contribution in [0.5, 0.6) is 0 Å². The Balaban J connectivity index is 2.25. The fourth-order valence-electron chi connectivity index (χ4n) is 2.41. The van der Waals surface area contributed by atoms with Crippen molar-refractivity contribution in [1.29, 1.82) is 0 Å². The molecule has 0 unspecified atom stereocenters. The van der Waals surface area contributed by atoms with E-state index in [1.165, 1.54) is 0 Å². The fourth-order valence-corrected chi connectivity index (χ4v) is 2.88. The standard InChI is InChI=1S/C13H27N3O4S/c1-10(16-8-11(2)20-12(3)9-16)7-14-13(17)5-6-15-21(4,18)19/h10-12,15H,5-9H2,1-4H3,(H,14,17)/t10-,11-,12+/m1/s1. The van der Waals surface area contributed by atoms with Gasteiger partial charge in [0.1, 0.15) is 0 Å². The molecule has 124 valence electrons. The minimum atomic E-state index is -3.23. The average molecular weight is 321 g/mol. The molecule has 0 saturated carbocycles. The first kappa shape index (κ1) is 18.3. The molecule has 7 nitrogen and oxygen atoms in total. The molecule has 21 heavy (non-hydrogen) atoms. The van der Waals surface area contributed by atoms with E-state index in [1.807, 2.05) is 13.8 Å². The number of carbonyl (C=O) groups excluding carboxylic acids is 1. The molecule has 0 aromatic rings. The summed E-state index contributed by atoms with van der Waals surface area (Å²) in [5.74, 6) is -0.146. The quantitative estimate of drug-likeness (QED) is 0.662. The number of rotatable bonds is 7. The van der Waals surface area contributed by atoms with E-state index in [-0.39, 0.29) is 37.1 Å². The maximum absolute atomic E-state index is 11.7. The molecule has 1 rings (SSSR count). The highest BCUT2D eigenvalue weighted by Gasteiger charge is 2.25. The van der Waals surface area contributed by atoms with E-state index in [1.54, 1.807) is 0 Å². The molecule has 0 spiro atoms. The SMILES string of the molecule is C[C@@H]1CN([C@H](C)CNC(=O)CCNS(C)(=O)=O)C[C@H](C)O1. The molecule has 0 aliphatic carbocycles. The molecule has 0 radical (unpaired) electrons. The number of nitrogens with one attached hydrogen (secondary N) is 2. The number of nitrogens with zero attached hydrogens (tertiary/aromatic N) is 1. The van der Waals surface area contributed by atoms with E-state index >= 15 is 0 Å². The summed E-state index contributed by atoms with van der Waals surface area (Å²) >= 11 is 0. The summed E-state index contributed by atoms with van der Waals surface area (Å²) in [6.07, 6.45) is 1.63. The highest BCUT2D eigenvalue weighted by Crippen LogP contribution is 2.13. The first-order valence-electron chi connectivity index (χ1n) is 7.28. The average Bonchev–Trinajstić information content (AvgIpc) is 2.33. The number of carbonyl (C=O) groups is 1. The number of hydrogen-bond acceptors (Lipinski definition) is 5. The molecule has 1 amide bonds. The molecule has 0 aromatic carbocycles. The third-order valence-corrected chi connectivity index (χ3v) is 4.11. The number of ether oxygens (including phenoxy) is 1. The van der Waals surface area contributed by atoms with Crippen LogP contribution in [0, 0.1) is 0 Å². The van der Waals surface area contributed by atoms with Crippen LogP contribution >= 0.6 is 0 Å². The van der Waals surface area contributed by atoms with Crippen LogP contribution in [-0.4, -0.2) is 69.9 Å². The van der Waals surface area contributed by atoms with Gasteiger partial charge in [0.15, 0.2) is 0 Å². The predicted octanol–water partition coefficient (Wildman–Crippen LogP) is -0.460. The van der Waals surface area contributed by atoms with Gasteiger partial charge in [-0.2, -0.15) is 0 Å². The van der Waals surface area contributed by atoms with Crippen molar-refractivity contribution in [3.63, 3.8) is 0 Å². The zero-order valence-electron chi connectivity index (χ0n) is 13.3. The molecule has 1 heterocycles. The highest BCUT2D eigenvalue weighted by atomic mass is 32.2. The maximum Gasteiger partial charge on any atom is 0.221 e. The van der Waals surface area contributed by atoms with Crippen molar-refractivity contribution in [2.24, 2.45) is 0 Å². The van der Waals surface area contributed by atoms with Crippen LogP contribution in [0.15, 0.2) is 0 Å². The van der Waals surface area contributed by atoms with Gasteiger partial charge in [0.05, 0.1) is 18.5 Å². The molecule has 3 atom stereocenters. The zero-order valence-corrected chi connectivity index (χ0v) is 14.1. The van der Waals surface area contributed by atoms with E-state index in [9.17, 15) is 13.2 Å². The Hall–Kier alpha value is -0.700. The molecular weight excluding hydrogens is 294 g/mol. The Bertz CT molecular complexity index is 431. The molecule has 1 aliphatic heterocycles. The van der Waals surface area contributed by atoms with Crippen LogP contribution in [0.25, 0.3) is 0 Å². The summed E-state index contributed by atoms with van der Waals surface area (Å²) in [4.78, 5) is 14.0. The number of sulfonamides is 1. The molecule has 0 bridgehead atoms. The third kappa shape index (κ3) is 7.75. The van der Waals surface area contributed by atoms with Gasteiger partial charge >= 0.3 is 0 Å². The van der Waals surface area contributed by atoms with Crippen LogP contribution in [-0.2, 0) is 19.6 Å². The topological polar surface area (TPSA) is 87.7 Å². The van der Waals surface area contributed by atoms with Crippen molar-refractivity contribution < 1.29 is 17.9 Å². The van der Waals surface area contributed by atoms with Crippen LogP contribution in [0.2, 0.25) is 0 Å².